The molecule has 0 spiro atoms. The number of anilines is 1. The molecule has 132 valence electrons. The van der Waals surface area contributed by atoms with E-state index in [4.69, 9.17) is 11.6 Å². The van der Waals surface area contributed by atoms with Crippen LogP contribution in [0.2, 0.25) is 5.02 Å². The third-order valence-electron chi connectivity index (χ3n) is 3.38. The van der Waals surface area contributed by atoms with Crippen LogP contribution in [0.15, 0.2) is 29.4 Å². The molecule has 0 fully saturated rings. The lowest BCUT2D eigenvalue weighted by Crippen LogP contribution is -2.23. The molecule has 2 heterocycles. The van der Waals surface area contributed by atoms with Gasteiger partial charge in [0, 0.05) is 27.0 Å². The number of likely N-dealkylation sites (N-methyl/N-ethyl adjacent to an activating group) is 1. The van der Waals surface area contributed by atoms with E-state index in [9.17, 15) is 13.2 Å². The van der Waals surface area contributed by atoms with Crippen LogP contribution >= 0.6 is 22.9 Å². The maximum atomic E-state index is 12.8. The number of aryl methyl sites for hydroxylation is 1. The Balaban J connectivity index is 1.94. The summed E-state index contributed by atoms with van der Waals surface area (Å²) in [7, 11) is -2.40. The summed E-state index contributed by atoms with van der Waals surface area (Å²) >= 11 is 7.36. The molecule has 1 amide bonds. The van der Waals surface area contributed by atoms with Crippen molar-refractivity contribution in [3.63, 3.8) is 0 Å². The lowest BCUT2D eigenvalue weighted by molar-refractivity contribution is -0.121. The topological polar surface area (TPSA) is 106 Å². The Morgan fingerprint density at radius 3 is 2.88 bits per heavy atom. The highest BCUT2D eigenvalue weighted by Gasteiger charge is 2.24. The molecule has 0 bridgehead atoms. The van der Waals surface area contributed by atoms with E-state index < -0.39 is 10.0 Å². The number of benzene rings is 1. The Morgan fingerprint density at radius 2 is 2.16 bits per heavy atom. The molecule has 0 aliphatic heterocycles. The van der Waals surface area contributed by atoms with Crippen LogP contribution in [0, 0.1) is 6.92 Å². The monoisotopic (exact) mass is 399 g/mol. The quantitative estimate of drug-likeness (QED) is 0.682. The first-order valence-electron chi connectivity index (χ1n) is 7.11. The second-order valence-corrected chi connectivity index (χ2v) is 8.48. The van der Waals surface area contributed by atoms with Gasteiger partial charge in [-0.1, -0.05) is 11.6 Å². The van der Waals surface area contributed by atoms with E-state index in [1.165, 1.54) is 29.4 Å². The van der Waals surface area contributed by atoms with Crippen molar-refractivity contribution < 1.29 is 13.2 Å². The molecule has 0 atom stereocenters. The van der Waals surface area contributed by atoms with Crippen molar-refractivity contribution >= 4 is 54.9 Å². The second-order valence-electron chi connectivity index (χ2n) is 5.17. The van der Waals surface area contributed by atoms with Gasteiger partial charge in [0.2, 0.25) is 5.91 Å². The Hall–Kier alpha value is -2.17. The fourth-order valence-electron chi connectivity index (χ4n) is 2.32. The molecule has 0 saturated heterocycles. The fraction of sp³-hybridized carbons (Fsp3) is 0.214. The van der Waals surface area contributed by atoms with Crippen LogP contribution < -0.4 is 10.0 Å². The molecule has 8 nitrogen and oxygen atoms in total. The molecule has 1 aromatic carbocycles. The van der Waals surface area contributed by atoms with Crippen LogP contribution in [0.4, 0.5) is 5.95 Å². The van der Waals surface area contributed by atoms with Gasteiger partial charge in [-0.25, -0.2) is 17.8 Å². The van der Waals surface area contributed by atoms with Gasteiger partial charge < -0.3 is 5.32 Å². The lowest BCUT2D eigenvalue weighted by atomic mass is 10.2. The molecular formula is C14H14ClN5O3S2. The summed E-state index contributed by atoms with van der Waals surface area (Å²) in [5.74, 6) is -0.377. The molecule has 25 heavy (non-hydrogen) atoms. The summed E-state index contributed by atoms with van der Waals surface area (Å²) in [5.41, 5.74) is 0. The molecule has 2 N–H and O–H groups in total. The first kappa shape index (κ1) is 17.6. The molecule has 11 heteroatoms. The van der Waals surface area contributed by atoms with Crippen molar-refractivity contribution in [2.45, 2.75) is 18.4 Å². The van der Waals surface area contributed by atoms with E-state index in [2.05, 4.69) is 20.1 Å². The standard InChI is InChI=1S/C14H14ClN5O3S2/c1-8-13(10-5-9(15)3-4-11(10)24-8)25(22,23)19-14-17-7-20(18-14)6-12(21)16-2/h3-5,7H,6H2,1-2H3,(H,16,21)(H,18,19). The van der Waals surface area contributed by atoms with E-state index in [0.29, 0.717) is 15.3 Å². The minimum absolute atomic E-state index is 0.0543. The van der Waals surface area contributed by atoms with Gasteiger partial charge in [-0.15, -0.1) is 16.4 Å². The molecule has 0 radical (unpaired) electrons. The van der Waals surface area contributed by atoms with E-state index in [1.54, 1.807) is 25.1 Å². The van der Waals surface area contributed by atoms with Gasteiger partial charge in [-0.3, -0.25) is 4.79 Å². The molecule has 0 aliphatic carbocycles. The maximum absolute atomic E-state index is 12.8. The Labute approximate surface area is 152 Å². The van der Waals surface area contributed by atoms with Crippen molar-refractivity contribution in [1.29, 1.82) is 0 Å². The predicted octanol–water partition coefficient (Wildman–Crippen LogP) is 2.00. The Morgan fingerprint density at radius 1 is 1.40 bits per heavy atom. The zero-order valence-corrected chi connectivity index (χ0v) is 15.7. The van der Waals surface area contributed by atoms with E-state index in [0.717, 1.165) is 4.70 Å². The number of aromatic nitrogens is 3. The van der Waals surface area contributed by atoms with Crippen LogP contribution in [0.25, 0.3) is 10.1 Å². The number of sulfonamides is 1. The molecule has 0 saturated carbocycles. The van der Waals surface area contributed by atoms with Crippen molar-refractivity contribution in [3.05, 3.63) is 34.4 Å². The van der Waals surface area contributed by atoms with Crippen LogP contribution in [0.3, 0.4) is 0 Å². The van der Waals surface area contributed by atoms with Crippen molar-refractivity contribution in [2.75, 3.05) is 11.8 Å². The predicted molar refractivity (Wildman–Crippen MR) is 96.5 cm³/mol. The number of hydrogen-bond acceptors (Lipinski definition) is 6. The van der Waals surface area contributed by atoms with Crippen LogP contribution in [-0.4, -0.2) is 36.1 Å². The Bertz CT molecular complexity index is 1060. The van der Waals surface area contributed by atoms with Crippen LogP contribution in [0.5, 0.6) is 0 Å². The molecule has 0 aliphatic rings. The summed E-state index contributed by atoms with van der Waals surface area (Å²) in [4.78, 5) is 16.0. The highest BCUT2D eigenvalue weighted by Crippen LogP contribution is 2.36. The van der Waals surface area contributed by atoms with E-state index in [-0.39, 0.29) is 23.3 Å². The number of carbonyl (C=O) groups excluding carboxylic acids is 1. The minimum Gasteiger partial charge on any atom is -0.358 e. The highest BCUT2D eigenvalue weighted by atomic mass is 35.5. The number of fused-ring (bicyclic) bond motifs is 1. The average molecular weight is 400 g/mol. The first-order chi connectivity index (χ1) is 11.8. The third-order valence-corrected chi connectivity index (χ3v) is 6.35. The molecule has 0 unspecified atom stereocenters. The number of rotatable bonds is 5. The van der Waals surface area contributed by atoms with Crippen LogP contribution in [0.1, 0.15) is 4.88 Å². The fourth-order valence-corrected chi connectivity index (χ4v) is 5.22. The highest BCUT2D eigenvalue weighted by molar-refractivity contribution is 7.93. The summed E-state index contributed by atoms with van der Waals surface area (Å²) in [6.45, 7) is 1.67. The van der Waals surface area contributed by atoms with Crippen molar-refractivity contribution in [2.24, 2.45) is 0 Å². The normalized spacial score (nSPS) is 11.6. The summed E-state index contributed by atoms with van der Waals surface area (Å²) < 4.78 is 30.0. The second kappa shape index (κ2) is 6.62. The van der Waals surface area contributed by atoms with Crippen molar-refractivity contribution in [1.82, 2.24) is 20.1 Å². The van der Waals surface area contributed by atoms with Gasteiger partial charge in [0.1, 0.15) is 17.8 Å². The number of halogens is 1. The maximum Gasteiger partial charge on any atom is 0.265 e. The summed E-state index contributed by atoms with van der Waals surface area (Å²) in [6.07, 6.45) is 1.28. The first-order valence-corrected chi connectivity index (χ1v) is 9.79. The van der Waals surface area contributed by atoms with Crippen LogP contribution in [-0.2, 0) is 21.4 Å². The third kappa shape index (κ3) is 3.60. The number of amides is 1. The largest absolute Gasteiger partial charge is 0.358 e. The van der Waals surface area contributed by atoms with Gasteiger partial charge >= 0.3 is 0 Å². The van der Waals surface area contributed by atoms with E-state index in [1.807, 2.05) is 0 Å². The smallest absolute Gasteiger partial charge is 0.265 e. The number of nitrogens with zero attached hydrogens (tertiary/aromatic N) is 3. The van der Waals surface area contributed by atoms with Crippen molar-refractivity contribution in [3.8, 4) is 0 Å². The average Bonchev–Trinajstić information content (AvgIpc) is 3.09. The molecule has 3 aromatic rings. The van der Waals surface area contributed by atoms with Gasteiger partial charge in [-0.05, 0) is 25.1 Å². The molecule has 2 aromatic heterocycles. The number of carbonyl (C=O) groups is 1. The zero-order valence-electron chi connectivity index (χ0n) is 13.3. The minimum atomic E-state index is -3.90. The SMILES string of the molecule is CNC(=O)Cn1cnc(NS(=O)(=O)c2c(C)sc3ccc(Cl)cc23)n1. The van der Waals surface area contributed by atoms with E-state index >= 15 is 0 Å². The van der Waals surface area contributed by atoms with Gasteiger partial charge in [0.05, 0.1) is 0 Å². The number of hydrogen-bond donors (Lipinski definition) is 2. The Kier molecular flexibility index (Phi) is 4.67. The summed E-state index contributed by atoms with van der Waals surface area (Å²) in [5, 5.41) is 7.40. The number of thiophene rings is 1. The van der Waals surface area contributed by atoms with Gasteiger partial charge in [0.25, 0.3) is 16.0 Å². The lowest BCUT2D eigenvalue weighted by Gasteiger charge is -2.05. The zero-order chi connectivity index (χ0) is 18.2. The summed E-state index contributed by atoms with van der Waals surface area (Å²) in [6, 6.07) is 5.11. The number of nitrogens with one attached hydrogen (secondary N) is 2. The van der Waals surface area contributed by atoms with Gasteiger partial charge in [0.15, 0.2) is 0 Å². The van der Waals surface area contributed by atoms with Gasteiger partial charge in [-0.2, -0.15) is 4.98 Å². The molecule has 3 rings (SSSR count). The molecular weight excluding hydrogens is 386 g/mol.